The molecule has 2 unspecified atom stereocenters. The average molecular weight is 637 g/mol. The first-order valence-corrected chi connectivity index (χ1v) is 16.9. The van der Waals surface area contributed by atoms with Gasteiger partial charge in [-0.25, -0.2) is 17.5 Å². The molecular formula is C32H40Cl2FN3O3S. The number of benzene rings is 2. The summed E-state index contributed by atoms with van der Waals surface area (Å²) in [5.41, 5.74) is 4.15. The summed E-state index contributed by atoms with van der Waals surface area (Å²) < 4.78 is 42.9. The summed E-state index contributed by atoms with van der Waals surface area (Å²) in [6, 6.07) is 11.0. The quantitative estimate of drug-likeness (QED) is 0.217. The molecule has 2 aliphatic rings. The SMILES string of the molecule is CC(C)CNCCCc1ccc2c(c1)CCCC2NC(=O)C[C@@H](NS(=O)(=O)C1C=CC(Cl)=C(Cl)C1)c1ccc(F)cc1. The van der Waals surface area contributed by atoms with Gasteiger partial charge in [0.1, 0.15) is 5.82 Å². The number of carbonyl (C=O) groups is 1. The smallest absolute Gasteiger partial charge is 0.222 e. The summed E-state index contributed by atoms with van der Waals surface area (Å²) >= 11 is 12.1. The molecule has 0 radical (unpaired) electrons. The molecule has 0 fully saturated rings. The maximum Gasteiger partial charge on any atom is 0.222 e. The molecule has 3 atom stereocenters. The molecule has 10 heteroatoms. The third kappa shape index (κ3) is 9.13. The predicted molar refractivity (Wildman–Crippen MR) is 168 cm³/mol. The zero-order valence-corrected chi connectivity index (χ0v) is 26.5. The Labute approximate surface area is 259 Å². The fourth-order valence-corrected chi connectivity index (χ4v) is 7.40. The fourth-order valence-electron chi connectivity index (χ4n) is 5.47. The van der Waals surface area contributed by atoms with Gasteiger partial charge in [-0.2, -0.15) is 0 Å². The van der Waals surface area contributed by atoms with Crippen molar-refractivity contribution in [3.8, 4) is 0 Å². The van der Waals surface area contributed by atoms with Gasteiger partial charge in [0.05, 0.1) is 22.4 Å². The van der Waals surface area contributed by atoms with Gasteiger partial charge in [0.25, 0.3) is 0 Å². The lowest BCUT2D eigenvalue weighted by Gasteiger charge is -2.28. The average Bonchev–Trinajstić information content (AvgIpc) is 2.94. The van der Waals surface area contributed by atoms with Gasteiger partial charge in [0.2, 0.25) is 15.9 Å². The highest BCUT2D eigenvalue weighted by atomic mass is 35.5. The highest BCUT2D eigenvalue weighted by molar-refractivity contribution is 7.90. The van der Waals surface area contributed by atoms with Crippen molar-refractivity contribution in [1.29, 1.82) is 0 Å². The topological polar surface area (TPSA) is 87.3 Å². The Balaban J connectivity index is 1.42. The van der Waals surface area contributed by atoms with Crippen molar-refractivity contribution in [2.45, 2.75) is 76.1 Å². The Morgan fingerprint density at radius 3 is 2.60 bits per heavy atom. The third-order valence-electron chi connectivity index (χ3n) is 7.69. The minimum absolute atomic E-state index is 0.0316. The lowest BCUT2D eigenvalue weighted by Crippen LogP contribution is -2.39. The molecule has 0 saturated heterocycles. The van der Waals surface area contributed by atoms with E-state index in [-0.39, 0.29) is 29.8 Å². The summed E-state index contributed by atoms with van der Waals surface area (Å²) in [5, 5.41) is 6.24. The molecule has 1 amide bonds. The second kappa shape index (κ2) is 15.0. The molecule has 42 heavy (non-hydrogen) atoms. The molecule has 2 aromatic rings. The number of fused-ring (bicyclic) bond motifs is 1. The number of rotatable bonds is 13. The first-order chi connectivity index (χ1) is 20.0. The van der Waals surface area contributed by atoms with Crippen LogP contribution in [0.25, 0.3) is 0 Å². The second-order valence-electron chi connectivity index (χ2n) is 11.6. The first kappa shape index (κ1) is 32.7. The number of hydrogen-bond acceptors (Lipinski definition) is 4. The summed E-state index contributed by atoms with van der Waals surface area (Å²) in [4.78, 5) is 13.4. The van der Waals surface area contributed by atoms with E-state index in [0.717, 1.165) is 50.8 Å². The third-order valence-corrected chi connectivity index (χ3v) is 10.2. The van der Waals surface area contributed by atoms with Crippen molar-refractivity contribution in [3.05, 3.63) is 92.8 Å². The van der Waals surface area contributed by atoms with Gasteiger partial charge in [-0.15, -0.1) is 0 Å². The fraction of sp³-hybridized carbons (Fsp3) is 0.469. The number of hydrogen-bond donors (Lipinski definition) is 3. The lowest BCUT2D eigenvalue weighted by molar-refractivity contribution is -0.122. The van der Waals surface area contributed by atoms with E-state index >= 15 is 0 Å². The van der Waals surface area contributed by atoms with E-state index in [1.54, 1.807) is 0 Å². The van der Waals surface area contributed by atoms with Crippen LogP contribution in [-0.4, -0.2) is 32.7 Å². The second-order valence-corrected chi connectivity index (χ2v) is 14.4. The van der Waals surface area contributed by atoms with Crippen LogP contribution >= 0.6 is 23.2 Å². The minimum atomic E-state index is -3.94. The summed E-state index contributed by atoms with van der Waals surface area (Å²) in [6.07, 6.45) is 7.63. The molecule has 0 saturated carbocycles. The molecule has 0 bridgehead atoms. The number of halogens is 3. The van der Waals surface area contributed by atoms with Crippen LogP contribution in [0.1, 0.15) is 80.3 Å². The Morgan fingerprint density at radius 2 is 1.88 bits per heavy atom. The molecule has 2 aliphatic carbocycles. The lowest BCUT2D eigenvalue weighted by atomic mass is 9.86. The van der Waals surface area contributed by atoms with Crippen LogP contribution in [0, 0.1) is 11.7 Å². The van der Waals surface area contributed by atoms with Gasteiger partial charge < -0.3 is 10.6 Å². The molecule has 2 aromatic carbocycles. The van der Waals surface area contributed by atoms with Gasteiger partial charge >= 0.3 is 0 Å². The summed E-state index contributed by atoms with van der Waals surface area (Å²) in [7, 11) is -3.94. The molecule has 0 aliphatic heterocycles. The molecule has 228 valence electrons. The van der Waals surface area contributed by atoms with Crippen molar-refractivity contribution in [2.24, 2.45) is 5.92 Å². The van der Waals surface area contributed by atoms with E-state index in [9.17, 15) is 17.6 Å². The maximum absolute atomic E-state index is 13.7. The predicted octanol–water partition coefficient (Wildman–Crippen LogP) is 6.57. The van der Waals surface area contributed by atoms with Crippen molar-refractivity contribution in [1.82, 2.24) is 15.4 Å². The van der Waals surface area contributed by atoms with Gasteiger partial charge in [0.15, 0.2) is 0 Å². The molecule has 6 nitrogen and oxygen atoms in total. The maximum atomic E-state index is 13.7. The Hall–Kier alpha value is -2.23. The number of sulfonamides is 1. The molecular weight excluding hydrogens is 596 g/mol. The minimum Gasteiger partial charge on any atom is -0.349 e. The number of nitrogens with one attached hydrogen (secondary N) is 3. The van der Waals surface area contributed by atoms with Crippen LogP contribution in [0.4, 0.5) is 4.39 Å². The number of amides is 1. The largest absolute Gasteiger partial charge is 0.349 e. The molecule has 0 aromatic heterocycles. The molecule has 3 N–H and O–H groups in total. The highest BCUT2D eigenvalue weighted by Gasteiger charge is 2.31. The Morgan fingerprint density at radius 1 is 1.12 bits per heavy atom. The number of allylic oxidation sites excluding steroid dienone is 3. The van der Waals surface area contributed by atoms with Crippen molar-refractivity contribution < 1.29 is 17.6 Å². The van der Waals surface area contributed by atoms with Crippen molar-refractivity contribution in [3.63, 3.8) is 0 Å². The van der Waals surface area contributed by atoms with Crippen molar-refractivity contribution >= 4 is 39.1 Å². The van der Waals surface area contributed by atoms with Gasteiger partial charge in [-0.05, 0) is 91.6 Å². The monoisotopic (exact) mass is 635 g/mol. The zero-order chi connectivity index (χ0) is 30.3. The van der Waals surface area contributed by atoms with E-state index < -0.39 is 27.1 Å². The van der Waals surface area contributed by atoms with E-state index in [0.29, 0.717) is 16.5 Å². The first-order valence-electron chi connectivity index (χ1n) is 14.6. The normalized spacial score (nSPS) is 19.6. The molecule has 0 spiro atoms. The van der Waals surface area contributed by atoms with Crippen LogP contribution in [0.15, 0.2) is 64.7 Å². The van der Waals surface area contributed by atoms with E-state index in [4.69, 9.17) is 23.2 Å². The van der Waals surface area contributed by atoms with Crippen LogP contribution < -0.4 is 15.4 Å². The zero-order valence-electron chi connectivity index (χ0n) is 24.1. The van der Waals surface area contributed by atoms with Crippen LogP contribution in [0.3, 0.4) is 0 Å². The van der Waals surface area contributed by atoms with Crippen LogP contribution in [-0.2, 0) is 27.7 Å². The van der Waals surface area contributed by atoms with E-state index in [1.165, 1.54) is 47.5 Å². The summed E-state index contributed by atoms with van der Waals surface area (Å²) in [6.45, 7) is 6.41. The molecule has 4 rings (SSSR count). The van der Waals surface area contributed by atoms with Gasteiger partial charge in [-0.1, -0.05) is 73.5 Å². The van der Waals surface area contributed by atoms with E-state index in [2.05, 4.69) is 47.4 Å². The highest BCUT2D eigenvalue weighted by Crippen LogP contribution is 2.32. The molecule has 0 heterocycles. The Bertz CT molecular complexity index is 1410. The van der Waals surface area contributed by atoms with Gasteiger partial charge in [0, 0.05) is 17.9 Å². The number of aryl methyl sites for hydroxylation is 2. The van der Waals surface area contributed by atoms with Gasteiger partial charge in [-0.3, -0.25) is 4.79 Å². The summed E-state index contributed by atoms with van der Waals surface area (Å²) in [5.74, 6) is -0.0980. The van der Waals surface area contributed by atoms with Crippen molar-refractivity contribution in [2.75, 3.05) is 13.1 Å². The van der Waals surface area contributed by atoms with Crippen LogP contribution in [0.5, 0.6) is 0 Å². The van der Waals surface area contributed by atoms with E-state index in [1.807, 2.05) is 0 Å². The number of carbonyl (C=O) groups excluding carboxylic acids is 1. The Kier molecular flexibility index (Phi) is 11.7. The standard InChI is InChI=1S/C32H40Cl2FN3O3S/c1-21(2)20-36-16-4-5-22-8-14-27-24(17-22)6-3-7-30(27)37-32(39)19-31(23-9-11-25(35)12-10-23)38-42(40,41)26-13-15-28(33)29(34)18-26/h8-15,17,21,26,30-31,36,38H,3-7,16,18-20H2,1-2H3,(H,37,39)/t26?,30?,31-/m1/s1. The van der Waals surface area contributed by atoms with Crippen LogP contribution in [0.2, 0.25) is 0 Å².